The maximum Gasteiger partial charge on any atom is 0.156 e. The minimum Gasteiger partial charge on any atom is -0.367 e. The average molecular weight is 348 g/mol. The van der Waals surface area contributed by atoms with Crippen molar-refractivity contribution < 1.29 is 0 Å². The van der Waals surface area contributed by atoms with E-state index in [1.807, 2.05) is 0 Å². The maximum atomic E-state index is 4.56. The molecule has 136 valence electrons. The third-order valence-corrected chi connectivity index (χ3v) is 5.08. The van der Waals surface area contributed by atoms with Gasteiger partial charge >= 0.3 is 0 Å². The molecule has 0 aliphatic carbocycles. The second-order valence-electron chi connectivity index (χ2n) is 6.70. The van der Waals surface area contributed by atoms with E-state index in [4.69, 9.17) is 0 Å². The van der Waals surface area contributed by atoms with Gasteiger partial charge in [-0.25, -0.2) is 0 Å². The number of hydrogen-bond acceptors (Lipinski definition) is 4. The van der Waals surface area contributed by atoms with Crippen LogP contribution in [0.4, 0.5) is 5.82 Å². The first-order chi connectivity index (χ1) is 12.6. The van der Waals surface area contributed by atoms with E-state index in [2.05, 4.69) is 90.6 Å². The van der Waals surface area contributed by atoms with E-state index in [0.717, 1.165) is 54.0 Å². The van der Waals surface area contributed by atoms with Gasteiger partial charge in [-0.15, -0.1) is 10.2 Å². The number of likely N-dealkylation sites (N-methyl/N-ethyl adjacent to an activating group) is 1. The number of benzene rings is 2. The quantitative estimate of drug-likeness (QED) is 0.674. The highest BCUT2D eigenvalue weighted by Crippen LogP contribution is 2.30. The predicted octanol–water partition coefficient (Wildman–Crippen LogP) is 4.67. The van der Waals surface area contributed by atoms with Gasteiger partial charge in [-0.2, -0.15) is 0 Å². The van der Waals surface area contributed by atoms with Crippen molar-refractivity contribution in [1.82, 2.24) is 15.1 Å². The Labute approximate surface area is 156 Å². The van der Waals surface area contributed by atoms with Gasteiger partial charge in [0.25, 0.3) is 0 Å². The Balaban J connectivity index is 1.93. The second-order valence-corrected chi connectivity index (χ2v) is 6.70. The van der Waals surface area contributed by atoms with Gasteiger partial charge in [-0.1, -0.05) is 50.2 Å². The Morgan fingerprint density at radius 2 is 1.62 bits per heavy atom. The molecule has 0 aliphatic rings. The van der Waals surface area contributed by atoms with Crippen LogP contribution in [-0.2, 0) is 0 Å². The highest BCUT2D eigenvalue weighted by atomic mass is 15.2. The average Bonchev–Trinajstić information content (AvgIpc) is 2.67. The van der Waals surface area contributed by atoms with Crippen LogP contribution in [0.3, 0.4) is 0 Å². The van der Waals surface area contributed by atoms with Crippen LogP contribution in [0.5, 0.6) is 0 Å². The molecule has 4 heteroatoms. The van der Waals surface area contributed by atoms with Gasteiger partial charge in [0.15, 0.2) is 5.82 Å². The van der Waals surface area contributed by atoms with Crippen LogP contribution in [-0.4, -0.2) is 41.3 Å². The van der Waals surface area contributed by atoms with Crippen molar-refractivity contribution in [3.8, 4) is 11.3 Å². The largest absolute Gasteiger partial charge is 0.367 e. The Morgan fingerprint density at radius 3 is 2.31 bits per heavy atom. The first-order valence-electron chi connectivity index (χ1n) is 9.43. The van der Waals surface area contributed by atoms with Crippen LogP contribution in [0.15, 0.2) is 42.5 Å². The third kappa shape index (κ3) is 3.86. The number of hydrogen-bond donors (Lipinski definition) is 1. The number of anilines is 1. The molecule has 3 rings (SSSR count). The van der Waals surface area contributed by atoms with Crippen molar-refractivity contribution in [3.05, 3.63) is 53.6 Å². The predicted molar refractivity (Wildman–Crippen MR) is 111 cm³/mol. The summed E-state index contributed by atoms with van der Waals surface area (Å²) in [5.74, 6) is 0.861. The lowest BCUT2D eigenvalue weighted by Crippen LogP contribution is -2.28. The van der Waals surface area contributed by atoms with E-state index in [-0.39, 0.29) is 0 Å². The molecule has 1 heterocycles. The molecule has 2 aromatic carbocycles. The molecule has 1 aromatic heterocycles. The molecule has 0 atom stereocenters. The van der Waals surface area contributed by atoms with E-state index in [9.17, 15) is 0 Å². The van der Waals surface area contributed by atoms with Gasteiger partial charge in [-0.3, -0.25) is 0 Å². The summed E-state index contributed by atoms with van der Waals surface area (Å²) in [5, 5.41) is 14.8. The Bertz CT molecular complexity index is 884. The van der Waals surface area contributed by atoms with Gasteiger partial charge in [0, 0.05) is 29.4 Å². The molecule has 0 aliphatic heterocycles. The van der Waals surface area contributed by atoms with Crippen molar-refractivity contribution in [1.29, 1.82) is 0 Å². The molecular weight excluding hydrogens is 320 g/mol. The summed E-state index contributed by atoms with van der Waals surface area (Å²) in [6.07, 6.45) is 0. The lowest BCUT2D eigenvalue weighted by Gasteiger charge is -2.18. The summed E-state index contributed by atoms with van der Waals surface area (Å²) in [7, 11) is 0. The molecule has 0 amide bonds. The molecular formula is C22H28N4. The number of aryl methyl sites for hydroxylation is 2. The van der Waals surface area contributed by atoms with E-state index in [0.29, 0.717) is 0 Å². The van der Waals surface area contributed by atoms with Crippen LogP contribution >= 0.6 is 0 Å². The standard InChI is InChI=1S/C22H28N4/c1-5-26(6-2)14-13-23-22-20-10-8-7-9-19(20)21(24-25-22)18-12-11-16(3)17(4)15-18/h7-12,15H,5-6,13-14H2,1-4H3,(H,23,25). The first-order valence-corrected chi connectivity index (χ1v) is 9.43. The second kappa shape index (κ2) is 8.28. The van der Waals surface area contributed by atoms with Gasteiger partial charge in [0.05, 0.1) is 0 Å². The van der Waals surface area contributed by atoms with Gasteiger partial charge in [0.2, 0.25) is 0 Å². The molecule has 0 radical (unpaired) electrons. The molecule has 26 heavy (non-hydrogen) atoms. The summed E-state index contributed by atoms with van der Waals surface area (Å²) in [6, 6.07) is 14.8. The number of rotatable bonds is 7. The molecule has 0 fully saturated rings. The minimum absolute atomic E-state index is 0.861. The van der Waals surface area contributed by atoms with Crippen LogP contribution in [0.25, 0.3) is 22.0 Å². The molecule has 0 spiro atoms. The fraction of sp³-hybridized carbons (Fsp3) is 0.364. The molecule has 4 nitrogen and oxygen atoms in total. The lowest BCUT2D eigenvalue weighted by molar-refractivity contribution is 0.316. The Morgan fingerprint density at radius 1 is 0.885 bits per heavy atom. The number of nitrogens with one attached hydrogen (secondary N) is 1. The SMILES string of the molecule is CCN(CC)CCNc1nnc(-c2ccc(C)c(C)c2)c2ccccc12. The van der Waals surface area contributed by atoms with Crippen molar-refractivity contribution >= 4 is 16.6 Å². The molecule has 3 aromatic rings. The molecule has 1 N–H and O–H groups in total. The van der Waals surface area contributed by atoms with Crippen molar-refractivity contribution in [2.75, 3.05) is 31.5 Å². The minimum atomic E-state index is 0.861. The van der Waals surface area contributed by atoms with E-state index in [1.165, 1.54) is 11.1 Å². The summed E-state index contributed by atoms with van der Waals surface area (Å²) < 4.78 is 0. The van der Waals surface area contributed by atoms with E-state index >= 15 is 0 Å². The third-order valence-electron chi connectivity index (χ3n) is 5.08. The summed E-state index contributed by atoms with van der Waals surface area (Å²) >= 11 is 0. The highest BCUT2D eigenvalue weighted by molar-refractivity contribution is 6.00. The Hall–Kier alpha value is -2.46. The van der Waals surface area contributed by atoms with Crippen molar-refractivity contribution in [2.24, 2.45) is 0 Å². The summed E-state index contributed by atoms with van der Waals surface area (Å²) in [4.78, 5) is 2.39. The number of nitrogens with zero attached hydrogens (tertiary/aromatic N) is 3. The van der Waals surface area contributed by atoms with Gasteiger partial charge in [0.1, 0.15) is 5.69 Å². The van der Waals surface area contributed by atoms with Crippen LogP contribution < -0.4 is 5.32 Å². The van der Waals surface area contributed by atoms with E-state index < -0.39 is 0 Å². The normalized spacial score (nSPS) is 11.3. The highest BCUT2D eigenvalue weighted by Gasteiger charge is 2.11. The summed E-state index contributed by atoms with van der Waals surface area (Å²) in [5.41, 5.74) is 4.62. The van der Waals surface area contributed by atoms with E-state index in [1.54, 1.807) is 0 Å². The molecule has 0 saturated heterocycles. The molecule has 0 unspecified atom stereocenters. The Kier molecular flexibility index (Phi) is 5.84. The molecule has 0 saturated carbocycles. The zero-order valence-electron chi connectivity index (χ0n) is 16.2. The monoisotopic (exact) mass is 348 g/mol. The topological polar surface area (TPSA) is 41.0 Å². The molecule has 0 bridgehead atoms. The van der Waals surface area contributed by atoms with Crippen LogP contribution in [0, 0.1) is 13.8 Å². The number of aromatic nitrogens is 2. The van der Waals surface area contributed by atoms with Crippen molar-refractivity contribution in [3.63, 3.8) is 0 Å². The lowest BCUT2D eigenvalue weighted by atomic mass is 10.0. The van der Waals surface area contributed by atoms with Crippen molar-refractivity contribution in [2.45, 2.75) is 27.7 Å². The first kappa shape index (κ1) is 18.3. The smallest absolute Gasteiger partial charge is 0.156 e. The zero-order valence-corrected chi connectivity index (χ0v) is 16.2. The fourth-order valence-electron chi connectivity index (χ4n) is 3.21. The van der Waals surface area contributed by atoms with Crippen LogP contribution in [0.2, 0.25) is 0 Å². The van der Waals surface area contributed by atoms with Gasteiger partial charge in [-0.05, 0) is 44.1 Å². The fourth-order valence-corrected chi connectivity index (χ4v) is 3.21. The van der Waals surface area contributed by atoms with Gasteiger partial charge < -0.3 is 10.2 Å². The van der Waals surface area contributed by atoms with Crippen LogP contribution in [0.1, 0.15) is 25.0 Å². The maximum absolute atomic E-state index is 4.56. The summed E-state index contributed by atoms with van der Waals surface area (Å²) in [6.45, 7) is 12.6. The number of fused-ring (bicyclic) bond motifs is 1. The zero-order chi connectivity index (χ0) is 18.5.